The Kier molecular flexibility index (Phi) is 5.31. The lowest BCUT2D eigenvalue weighted by atomic mass is 10.1. The Labute approximate surface area is 157 Å². The molecule has 1 N–H and O–H groups in total. The Morgan fingerprint density at radius 3 is 3.00 bits per heavy atom. The number of nitrogens with zero attached hydrogens (tertiary/aromatic N) is 3. The quantitative estimate of drug-likeness (QED) is 0.789. The first-order valence-corrected chi connectivity index (χ1v) is 8.97. The van der Waals surface area contributed by atoms with Gasteiger partial charge in [-0.05, 0) is 38.0 Å². The molecule has 142 valence electrons. The zero-order chi connectivity index (χ0) is 19.6. The summed E-state index contributed by atoms with van der Waals surface area (Å²) in [7, 11) is 1.56. The fraction of sp³-hybridized carbons (Fsp3) is 0.474. The lowest BCUT2D eigenvalue weighted by Crippen LogP contribution is -2.44. The van der Waals surface area contributed by atoms with Crippen molar-refractivity contribution < 1.29 is 19.1 Å². The van der Waals surface area contributed by atoms with Crippen LogP contribution in [0.2, 0.25) is 0 Å². The van der Waals surface area contributed by atoms with Crippen LogP contribution in [-0.2, 0) is 14.3 Å². The molecule has 1 aromatic rings. The Morgan fingerprint density at radius 1 is 1.48 bits per heavy atom. The molecule has 8 nitrogen and oxygen atoms in total. The first kappa shape index (κ1) is 18.7. The molecular formula is C19H22N4O4. The van der Waals surface area contributed by atoms with Crippen LogP contribution in [0.4, 0.5) is 11.4 Å². The normalized spacial score (nSPS) is 18.6. The predicted octanol–water partition coefficient (Wildman–Crippen LogP) is 1.52. The van der Waals surface area contributed by atoms with E-state index in [0.29, 0.717) is 5.69 Å². The van der Waals surface area contributed by atoms with Gasteiger partial charge < -0.3 is 19.9 Å². The maximum Gasteiger partial charge on any atom is 0.338 e. The minimum Gasteiger partial charge on any atom is -0.449 e. The van der Waals surface area contributed by atoms with Gasteiger partial charge in [-0.25, -0.2) is 4.79 Å². The number of benzene rings is 1. The van der Waals surface area contributed by atoms with E-state index >= 15 is 0 Å². The number of fused-ring (bicyclic) bond motifs is 3. The number of hydrogen-bond donors (Lipinski definition) is 1. The van der Waals surface area contributed by atoms with E-state index in [4.69, 9.17) is 10.00 Å². The maximum absolute atomic E-state index is 12.4. The van der Waals surface area contributed by atoms with Gasteiger partial charge in [-0.2, -0.15) is 5.26 Å². The van der Waals surface area contributed by atoms with Crippen molar-refractivity contribution in [2.45, 2.75) is 38.3 Å². The van der Waals surface area contributed by atoms with Crippen LogP contribution >= 0.6 is 0 Å². The molecule has 0 radical (unpaired) electrons. The Hall–Kier alpha value is -3.08. The molecule has 8 heteroatoms. The molecule has 1 aromatic carbocycles. The van der Waals surface area contributed by atoms with Crippen LogP contribution in [0.25, 0.3) is 0 Å². The van der Waals surface area contributed by atoms with E-state index in [-0.39, 0.29) is 36.4 Å². The lowest BCUT2D eigenvalue weighted by Gasteiger charge is -2.33. The van der Waals surface area contributed by atoms with Crippen molar-refractivity contribution >= 4 is 29.2 Å². The lowest BCUT2D eigenvalue weighted by molar-refractivity contribution is -0.138. The number of carbonyl (C=O) groups excluding carboxylic acids is 3. The van der Waals surface area contributed by atoms with E-state index in [1.54, 1.807) is 25.2 Å². The zero-order valence-electron chi connectivity index (χ0n) is 15.4. The minimum atomic E-state index is -0.963. The van der Waals surface area contributed by atoms with Crippen LogP contribution in [0, 0.1) is 11.3 Å². The molecule has 0 spiro atoms. The van der Waals surface area contributed by atoms with Gasteiger partial charge in [-0.3, -0.25) is 9.59 Å². The number of anilines is 2. The smallest absolute Gasteiger partial charge is 0.338 e. The maximum atomic E-state index is 12.4. The second kappa shape index (κ2) is 7.66. The Bertz CT molecular complexity index is 816. The van der Waals surface area contributed by atoms with Crippen molar-refractivity contribution in [3.05, 3.63) is 23.8 Å². The Morgan fingerprint density at radius 2 is 2.26 bits per heavy atom. The van der Waals surface area contributed by atoms with E-state index in [1.165, 1.54) is 11.8 Å². The first-order chi connectivity index (χ1) is 12.9. The number of hydrogen-bond acceptors (Lipinski definition) is 6. The first-order valence-electron chi connectivity index (χ1n) is 8.97. The fourth-order valence-corrected chi connectivity index (χ4v) is 3.47. The molecule has 0 aliphatic carbocycles. The molecule has 1 fully saturated rings. The summed E-state index contributed by atoms with van der Waals surface area (Å²) in [6.45, 7) is 2.59. The summed E-state index contributed by atoms with van der Waals surface area (Å²) in [5, 5.41) is 11.4. The molecule has 2 aliphatic heterocycles. The minimum absolute atomic E-state index is 0.0619. The molecule has 0 saturated carbocycles. The summed E-state index contributed by atoms with van der Waals surface area (Å²) in [5.74, 6) is -1.07. The van der Waals surface area contributed by atoms with Crippen molar-refractivity contribution in [1.29, 1.82) is 5.26 Å². The summed E-state index contributed by atoms with van der Waals surface area (Å²) in [4.78, 5) is 40.2. The third-order valence-electron chi connectivity index (χ3n) is 4.92. The third kappa shape index (κ3) is 3.72. The van der Waals surface area contributed by atoms with Crippen molar-refractivity contribution in [3.63, 3.8) is 0 Å². The molecule has 2 aliphatic rings. The van der Waals surface area contributed by atoms with Gasteiger partial charge in [0.1, 0.15) is 6.04 Å². The van der Waals surface area contributed by atoms with Gasteiger partial charge in [0, 0.05) is 20.1 Å². The zero-order valence-corrected chi connectivity index (χ0v) is 15.4. The van der Waals surface area contributed by atoms with Crippen LogP contribution in [-0.4, -0.2) is 55.0 Å². The highest BCUT2D eigenvalue weighted by molar-refractivity contribution is 6.05. The molecule has 2 atom stereocenters. The molecule has 0 unspecified atom stereocenters. The van der Waals surface area contributed by atoms with Crippen molar-refractivity contribution in [1.82, 2.24) is 4.90 Å². The van der Waals surface area contributed by atoms with Crippen LogP contribution in [0.3, 0.4) is 0 Å². The summed E-state index contributed by atoms with van der Waals surface area (Å²) in [6, 6.07) is 6.85. The van der Waals surface area contributed by atoms with Crippen molar-refractivity contribution in [2.24, 2.45) is 0 Å². The van der Waals surface area contributed by atoms with E-state index in [9.17, 15) is 14.4 Å². The van der Waals surface area contributed by atoms with Crippen molar-refractivity contribution in [3.8, 4) is 6.07 Å². The van der Waals surface area contributed by atoms with Crippen LogP contribution < -0.4 is 10.2 Å². The average molecular weight is 370 g/mol. The summed E-state index contributed by atoms with van der Waals surface area (Å²) in [5.41, 5.74) is 1.75. The van der Waals surface area contributed by atoms with Gasteiger partial charge in [0.25, 0.3) is 5.91 Å². The molecule has 27 heavy (non-hydrogen) atoms. The number of nitrogens with one attached hydrogen (secondary N) is 1. The second-order valence-electron chi connectivity index (χ2n) is 6.79. The topological polar surface area (TPSA) is 103 Å². The van der Waals surface area contributed by atoms with E-state index in [0.717, 1.165) is 25.1 Å². The van der Waals surface area contributed by atoms with Gasteiger partial charge in [0.15, 0.2) is 6.10 Å². The van der Waals surface area contributed by atoms with E-state index in [2.05, 4.69) is 10.2 Å². The Balaban J connectivity index is 1.69. The summed E-state index contributed by atoms with van der Waals surface area (Å²) >= 11 is 0. The number of esters is 1. The largest absolute Gasteiger partial charge is 0.449 e. The molecule has 2 heterocycles. The third-order valence-corrected chi connectivity index (χ3v) is 4.92. The molecule has 3 rings (SSSR count). The van der Waals surface area contributed by atoms with Crippen LogP contribution in [0.5, 0.6) is 0 Å². The van der Waals surface area contributed by atoms with Gasteiger partial charge in [-0.1, -0.05) is 0 Å². The SMILES string of the molecule is C[C@H](OC(=O)c1ccc2c(c1)NC(=O)[C@H]1CCCN21)C(=O)N(C)CCC#N. The van der Waals surface area contributed by atoms with Gasteiger partial charge >= 0.3 is 5.97 Å². The number of carbonyl (C=O) groups is 3. The van der Waals surface area contributed by atoms with Gasteiger partial charge in [0.05, 0.1) is 29.4 Å². The fourth-order valence-electron chi connectivity index (χ4n) is 3.47. The van der Waals surface area contributed by atoms with Crippen LogP contribution in [0.1, 0.15) is 36.5 Å². The standard InChI is InChI=1S/C19H22N4O4/c1-12(18(25)22(2)9-4-8-20)27-19(26)13-6-7-15-14(11-13)21-17(24)16-5-3-10-23(15)16/h6-7,11-12,16H,3-5,9-10H2,1-2H3,(H,21,24)/t12-,16+/m0/s1. The highest BCUT2D eigenvalue weighted by Gasteiger charge is 2.36. The number of amides is 2. The van der Waals surface area contributed by atoms with E-state index < -0.39 is 12.1 Å². The van der Waals surface area contributed by atoms with E-state index in [1.807, 2.05) is 6.07 Å². The number of likely N-dealkylation sites (N-methyl/N-ethyl adjacent to an activating group) is 1. The predicted molar refractivity (Wildman–Crippen MR) is 98.2 cm³/mol. The number of rotatable bonds is 5. The monoisotopic (exact) mass is 370 g/mol. The highest BCUT2D eigenvalue weighted by Crippen LogP contribution is 2.37. The highest BCUT2D eigenvalue weighted by atomic mass is 16.5. The number of ether oxygens (including phenoxy) is 1. The second-order valence-corrected chi connectivity index (χ2v) is 6.79. The van der Waals surface area contributed by atoms with Gasteiger partial charge in [0.2, 0.25) is 5.91 Å². The molecule has 1 saturated heterocycles. The average Bonchev–Trinajstić information content (AvgIpc) is 3.15. The number of nitriles is 1. The van der Waals surface area contributed by atoms with Crippen LogP contribution in [0.15, 0.2) is 18.2 Å². The van der Waals surface area contributed by atoms with Crippen molar-refractivity contribution in [2.75, 3.05) is 30.4 Å². The van der Waals surface area contributed by atoms with Gasteiger partial charge in [-0.15, -0.1) is 0 Å². The molecular weight excluding hydrogens is 348 g/mol. The summed E-state index contributed by atoms with van der Waals surface area (Å²) < 4.78 is 5.26. The summed E-state index contributed by atoms with van der Waals surface area (Å²) in [6.07, 6.45) is 1.04. The molecule has 0 bridgehead atoms. The molecule has 0 aromatic heterocycles. The molecule has 2 amide bonds.